The lowest BCUT2D eigenvalue weighted by Crippen LogP contribution is -2.15. The second-order valence-corrected chi connectivity index (χ2v) is 7.43. The zero-order valence-corrected chi connectivity index (χ0v) is 17.2. The first-order chi connectivity index (χ1) is 14.7. The minimum atomic E-state index is -0.578. The Bertz CT molecular complexity index is 1070. The molecule has 0 saturated heterocycles. The van der Waals surface area contributed by atoms with E-state index in [1.54, 1.807) is 19.1 Å². The van der Waals surface area contributed by atoms with Crippen molar-refractivity contribution in [2.45, 2.75) is 18.4 Å². The van der Waals surface area contributed by atoms with Crippen LogP contribution in [0.5, 0.6) is 11.5 Å². The number of furan rings is 1. The van der Waals surface area contributed by atoms with E-state index in [1.165, 1.54) is 11.8 Å². The summed E-state index contributed by atoms with van der Waals surface area (Å²) >= 11 is 1.34. The van der Waals surface area contributed by atoms with Gasteiger partial charge in [0.05, 0.1) is 17.9 Å². The fraction of sp³-hybridized carbons (Fsp3) is 0.273. The number of carbonyl (C=O) groups excluding carboxylic acids is 2. The molecular formula is C22H20O7S. The number of thioether (sulfide) groups is 1. The van der Waals surface area contributed by atoms with Crippen LogP contribution in [-0.2, 0) is 20.9 Å². The highest BCUT2D eigenvalue weighted by atomic mass is 32.2. The zero-order valence-electron chi connectivity index (χ0n) is 16.3. The highest BCUT2D eigenvalue weighted by Crippen LogP contribution is 2.34. The first-order valence-corrected chi connectivity index (χ1v) is 10.5. The van der Waals surface area contributed by atoms with Crippen molar-refractivity contribution in [2.24, 2.45) is 0 Å². The van der Waals surface area contributed by atoms with Gasteiger partial charge in [-0.1, -0.05) is 18.2 Å². The predicted octanol–water partition coefficient (Wildman–Crippen LogP) is 4.22. The summed E-state index contributed by atoms with van der Waals surface area (Å²) in [5.74, 6) is 0.560. The SMILES string of the molecule is CCOC(=O)c1oc2ccccc2c1COC(=O)CSc1ccc2c(c1)OCCO2. The summed E-state index contributed by atoms with van der Waals surface area (Å²) in [5.41, 5.74) is 1.04. The van der Waals surface area contributed by atoms with E-state index < -0.39 is 11.9 Å². The highest BCUT2D eigenvalue weighted by molar-refractivity contribution is 8.00. The topological polar surface area (TPSA) is 84.2 Å². The van der Waals surface area contributed by atoms with E-state index in [0.717, 1.165) is 4.90 Å². The van der Waals surface area contributed by atoms with Crippen molar-refractivity contribution in [3.05, 3.63) is 53.8 Å². The fourth-order valence-electron chi connectivity index (χ4n) is 3.05. The summed E-state index contributed by atoms with van der Waals surface area (Å²) in [6.07, 6.45) is 0. The van der Waals surface area contributed by atoms with Gasteiger partial charge >= 0.3 is 11.9 Å². The Morgan fingerprint density at radius 3 is 2.67 bits per heavy atom. The molecule has 0 unspecified atom stereocenters. The molecule has 2 aromatic carbocycles. The zero-order chi connectivity index (χ0) is 20.9. The lowest BCUT2D eigenvalue weighted by molar-refractivity contribution is -0.141. The van der Waals surface area contributed by atoms with E-state index in [4.69, 9.17) is 23.4 Å². The van der Waals surface area contributed by atoms with E-state index in [1.807, 2.05) is 30.3 Å². The van der Waals surface area contributed by atoms with Crippen molar-refractivity contribution >= 4 is 34.7 Å². The summed E-state index contributed by atoms with van der Waals surface area (Å²) in [6.45, 7) is 2.90. The van der Waals surface area contributed by atoms with Crippen LogP contribution in [0.25, 0.3) is 11.0 Å². The normalized spacial score (nSPS) is 12.6. The maximum atomic E-state index is 12.3. The maximum Gasteiger partial charge on any atom is 0.374 e. The van der Waals surface area contributed by atoms with Crippen LogP contribution in [0.4, 0.5) is 0 Å². The molecule has 0 bridgehead atoms. The first-order valence-electron chi connectivity index (χ1n) is 9.51. The highest BCUT2D eigenvalue weighted by Gasteiger charge is 2.22. The monoisotopic (exact) mass is 428 g/mol. The van der Waals surface area contributed by atoms with Crippen LogP contribution in [0.15, 0.2) is 51.8 Å². The average Bonchev–Trinajstić information content (AvgIpc) is 3.15. The number of esters is 2. The Hall–Kier alpha value is -3.13. The molecule has 0 saturated carbocycles. The lowest BCUT2D eigenvalue weighted by atomic mass is 10.1. The van der Waals surface area contributed by atoms with Crippen molar-refractivity contribution in [3.8, 4) is 11.5 Å². The molecule has 0 fully saturated rings. The standard InChI is InChI=1S/C22H20O7S/c1-2-25-22(24)21-16(15-5-3-4-6-17(15)29-21)12-28-20(23)13-30-14-7-8-18-19(11-14)27-10-9-26-18/h3-8,11H,2,9-10,12-13H2,1H3. The molecule has 0 amide bonds. The third-order valence-electron chi connectivity index (χ3n) is 4.41. The smallest absolute Gasteiger partial charge is 0.374 e. The Morgan fingerprint density at radius 2 is 1.83 bits per heavy atom. The van der Waals surface area contributed by atoms with Crippen molar-refractivity contribution in [1.82, 2.24) is 0 Å². The van der Waals surface area contributed by atoms with Gasteiger partial charge in [-0.25, -0.2) is 4.79 Å². The third-order valence-corrected chi connectivity index (χ3v) is 5.37. The van der Waals surface area contributed by atoms with Crippen molar-refractivity contribution in [3.63, 3.8) is 0 Å². The maximum absolute atomic E-state index is 12.3. The Balaban J connectivity index is 1.40. The van der Waals surface area contributed by atoms with Gasteiger partial charge in [-0.05, 0) is 31.2 Å². The molecule has 8 heteroatoms. The van der Waals surface area contributed by atoms with Gasteiger partial charge in [0.1, 0.15) is 25.4 Å². The van der Waals surface area contributed by atoms with Gasteiger partial charge in [0.25, 0.3) is 0 Å². The number of ether oxygens (including phenoxy) is 4. The molecule has 1 aliphatic heterocycles. The Morgan fingerprint density at radius 1 is 1.03 bits per heavy atom. The second-order valence-electron chi connectivity index (χ2n) is 6.38. The molecule has 0 aliphatic carbocycles. The number of para-hydroxylation sites is 1. The summed E-state index contributed by atoms with van der Waals surface area (Å²) in [6, 6.07) is 12.7. The van der Waals surface area contributed by atoms with E-state index in [-0.39, 0.29) is 24.7 Å². The van der Waals surface area contributed by atoms with Crippen molar-refractivity contribution < 1.29 is 33.0 Å². The summed E-state index contributed by atoms with van der Waals surface area (Å²) < 4.78 is 27.2. The number of rotatable bonds is 7. The molecule has 0 N–H and O–H groups in total. The van der Waals surface area contributed by atoms with E-state index in [9.17, 15) is 9.59 Å². The predicted molar refractivity (Wildman–Crippen MR) is 110 cm³/mol. The minimum Gasteiger partial charge on any atom is -0.486 e. The molecule has 1 aromatic heterocycles. The minimum absolute atomic E-state index is 0.0605. The van der Waals surface area contributed by atoms with Crippen LogP contribution >= 0.6 is 11.8 Å². The first kappa shape index (κ1) is 20.2. The molecule has 0 atom stereocenters. The summed E-state index contributed by atoms with van der Waals surface area (Å²) in [4.78, 5) is 25.4. The third kappa shape index (κ3) is 4.38. The molecule has 0 radical (unpaired) electrons. The van der Waals surface area contributed by atoms with Crippen molar-refractivity contribution in [2.75, 3.05) is 25.6 Å². The lowest BCUT2D eigenvalue weighted by Gasteiger charge is -2.18. The number of hydrogen-bond acceptors (Lipinski definition) is 8. The van der Waals surface area contributed by atoms with Crippen LogP contribution in [0.2, 0.25) is 0 Å². The van der Waals surface area contributed by atoms with Gasteiger partial charge in [0, 0.05) is 10.3 Å². The number of carbonyl (C=O) groups is 2. The molecule has 7 nitrogen and oxygen atoms in total. The van der Waals surface area contributed by atoms with Crippen molar-refractivity contribution in [1.29, 1.82) is 0 Å². The molecule has 4 rings (SSSR count). The number of benzene rings is 2. The molecule has 2 heterocycles. The Labute approximate surface area is 177 Å². The largest absolute Gasteiger partial charge is 0.486 e. The van der Waals surface area contributed by atoms with Crippen LogP contribution in [0.3, 0.4) is 0 Å². The van der Waals surface area contributed by atoms with Crippen LogP contribution in [0, 0.1) is 0 Å². The van der Waals surface area contributed by atoms with Gasteiger partial charge < -0.3 is 23.4 Å². The molecule has 3 aromatic rings. The van der Waals surface area contributed by atoms with E-state index in [0.29, 0.717) is 41.2 Å². The quantitative estimate of drug-likeness (QED) is 0.409. The molecule has 1 aliphatic rings. The average molecular weight is 428 g/mol. The van der Waals surface area contributed by atoms with Gasteiger partial charge in [0.2, 0.25) is 5.76 Å². The van der Waals surface area contributed by atoms with Crippen LogP contribution < -0.4 is 9.47 Å². The van der Waals surface area contributed by atoms with Gasteiger partial charge in [-0.3, -0.25) is 4.79 Å². The molecule has 156 valence electrons. The molecule has 30 heavy (non-hydrogen) atoms. The summed E-state index contributed by atoms with van der Waals surface area (Å²) in [5, 5.41) is 0.716. The number of fused-ring (bicyclic) bond motifs is 2. The molecular weight excluding hydrogens is 408 g/mol. The summed E-state index contributed by atoms with van der Waals surface area (Å²) in [7, 11) is 0. The molecule has 0 spiro atoms. The van der Waals surface area contributed by atoms with E-state index in [2.05, 4.69) is 0 Å². The van der Waals surface area contributed by atoms with Gasteiger partial charge in [0.15, 0.2) is 11.5 Å². The fourth-order valence-corrected chi connectivity index (χ4v) is 3.78. The van der Waals surface area contributed by atoms with Gasteiger partial charge in [-0.2, -0.15) is 0 Å². The Kier molecular flexibility index (Phi) is 6.13. The second kappa shape index (κ2) is 9.13. The van der Waals surface area contributed by atoms with E-state index >= 15 is 0 Å². The van der Waals surface area contributed by atoms with Crippen LogP contribution in [0.1, 0.15) is 23.0 Å². The van der Waals surface area contributed by atoms with Gasteiger partial charge in [-0.15, -0.1) is 11.8 Å². The number of hydrogen-bond donors (Lipinski definition) is 0. The van der Waals surface area contributed by atoms with Crippen LogP contribution in [-0.4, -0.2) is 37.5 Å².